The van der Waals surface area contributed by atoms with Crippen LogP contribution in [-0.2, 0) is 25.7 Å². The molecule has 0 radical (unpaired) electrons. The molecule has 0 saturated heterocycles. The molecule has 0 atom stereocenters. The molecule has 0 aliphatic rings. The van der Waals surface area contributed by atoms with Crippen LogP contribution in [0.2, 0.25) is 0 Å². The van der Waals surface area contributed by atoms with Gasteiger partial charge in [0.25, 0.3) is 0 Å². The zero-order chi connectivity index (χ0) is 2.71. The normalized spacial score (nSPS) is 2.00. The van der Waals surface area contributed by atoms with Gasteiger partial charge >= 0.3 is 25.7 Å². The topological polar surface area (TPSA) is 69.1 Å². The molecule has 0 aliphatic carbocycles. The fraction of sp³-hybridized carbons (Fsp3) is 0. The van der Waals surface area contributed by atoms with Gasteiger partial charge < -0.3 is 6.15 Å². The first-order chi connectivity index (χ1) is 1.41. The van der Waals surface area contributed by atoms with Crippen molar-refractivity contribution in [2.24, 2.45) is 0 Å². The van der Waals surface area contributed by atoms with E-state index in [1.807, 2.05) is 0 Å². The van der Waals surface area contributed by atoms with Crippen molar-refractivity contribution in [1.82, 2.24) is 6.15 Å². The predicted octanol–water partition coefficient (Wildman–Crippen LogP) is -0.0781. The monoisotopic (exact) mass is 97.0 g/mol. The van der Waals surface area contributed by atoms with Crippen molar-refractivity contribution in [2.75, 3.05) is 0 Å². The van der Waals surface area contributed by atoms with Crippen molar-refractivity contribution in [2.45, 2.75) is 0 Å². The van der Waals surface area contributed by atoms with Crippen LogP contribution >= 0.6 is 0 Å². The van der Waals surface area contributed by atoms with E-state index in [-0.39, 0.29) is 6.15 Å². The predicted molar refractivity (Wildman–Crippen MR) is 6.40 cm³/mol. The van der Waals surface area contributed by atoms with E-state index in [1.165, 1.54) is 0 Å². The molecule has 0 rings (SSSR count). The Bertz CT molecular complexity index is 27.0. The molecule has 3 N–H and O–H groups in total. The van der Waals surface area contributed by atoms with Crippen molar-refractivity contribution < 1.29 is 25.7 Å². The Hall–Kier alpha value is 0.274. The summed E-state index contributed by atoms with van der Waals surface area (Å²) >= 11 is -2.00. The van der Waals surface area contributed by atoms with Crippen LogP contribution in [0, 0.1) is 0 Å². The van der Waals surface area contributed by atoms with Crippen molar-refractivity contribution in [1.29, 1.82) is 0 Å². The summed E-state index contributed by atoms with van der Waals surface area (Å²) in [6.45, 7) is 0. The zero-order valence-electron chi connectivity index (χ0n) is 2.02. The van der Waals surface area contributed by atoms with Crippen LogP contribution in [0.15, 0.2) is 0 Å². The molecule has 0 saturated carbocycles. The van der Waals surface area contributed by atoms with Gasteiger partial charge in [0.05, 0.1) is 0 Å². The molecule has 0 spiro atoms. The van der Waals surface area contributed by atoms with Crippen LogP contribution < -0.4 is 6.15 Å². The second kappa shape index (κ2) is 10.4. The summed E-state index contributed by atoms with van der Waals surface area (Å²) in [4.78, 5) is 0. The summed E-state index contributed by atoms with van der Waals surface area (Å²) in [5.74, 6) is 0. The van der Waals surface area contributed by atoms with Crippen molar-refractivity contribution in [3.8, 4) is 0 Å². The van der Waals surface area contributed by atoms with Crippen LogP contribution in [0.3, 0.4) is 0 Å². The first-order valence-electron chi connectivity index (χ1n) is 0.408. The summed E-state index contributed by atoms with van der Waals surface area (Å²) in [5.41, 5.74) is 0. The van der Waals surface area contributed by atoms with Gasteiger partial charge in [-0.05, 0) is 0 Å². The van der Waals surface area contributed by atoms with Gasteiger partial charge in [0.1, 0.15) is 0 Å². The van der Waals surface area contributed by atoms with Gasteiger partial charge in [-0.15, -0.1) is 0 Å². The van der Waals surface area contributed by atoms with E-state index in [4.69, 9.17) is 6.65 Å². The summed E-state index contributed by atoms with van der Waals surface area (Å²) in [7, 11) is 0. The Kier molecular flexibility index (Phi) is 23.1. The summed E-state index contributed by atoms with van der Waals surface area (Å²) < 4.78 is 17.0. The van der Waals surface area contributed by atoms with E-state index in [0.29, 0.717) is 0 Å². The van der Waals surface area contributed by atoms with Gasteiger partial charge in [-0.25, -0.2) is 0 Å². The molecule has 0 bridgehead atoms. The fourth-order valence-electron chi connectivity index (χ4n) is 0. The fourth-order valence-corrected chi connectivity index (χ4v) is 0. The van der Waals surface area contributed by atoms with Crippen molar-refractivity contribution in [3.05, 3.63) is 0 Å². The minimum atomic E-state index is -2.00. The van der Waals surface area contributed by atoms with Crippen LogP contribution in [0.1, 0.15) is 0 Å². The second-order valence-corrected chi connectivity index (χ2v) is 0.344. The number of rotatable bonds is 0. The Morgan fingerprint density at radius 1 is 1.25 bits per heavy atom. The maximum atomic E-state index is 8.50. The van der Waals surface area contributed by atoms with E-state index in [2.05, 4.69) is 0 Å². The summed E-state index contributed by atoms with van der Waals surface area (Å²) in [6.07, 6.45) is 0. The van der Waals surface area contributed by atoms with E-state index >= 15 is 0 Å². The minimum absolute atomic E-state index is 0. The molecule has 3 nitrogen and oxygen atoms in total. The Labute approximate surface area is 32.5 Å². The van der Waals surface area contributed by atoms with E-state index in [0.717, 1.165) is 0 Å². The number of hydrogen-bond acceptors (Lipinski definition) is 3. The van der Waals surface area contributed by atoms with Gasteiger partial charge in [-0.3, -0.25) is 0 Å². The number of hydrogen-bond donors (Lipinski definition) is 1. The van der Waals surface area contributed by atoms with E-state index in [9.17, 15) is 0 Å². The average molecular weight is 96.9 g/mol. The van der Waals surface area contributed by atoms with Gasteiger partial charge in [-0.2, -0.15) is 0 Å². The zero-order valence-corrected chi connectivity index (χ0v) is 3.59. The van der Waals surface area contributed by atoms with Gasteiger partial charge in [0.2, 0.25) is 0 Å². The molecule has 0 aromatic carbocycles. The molecule has 0 aliphatic heterocycles. The Morgan fingerprint density at radius 2 is 1.25 bits per heavy atom. The molecular weight excluding hydrogens is 93.9 g/mol. The van der Waals surface area contributed by atoms with Crippen molar-refractivity contribution in [3.63, 3.8) is 0 Å². The third-order valence-electron chi connectivity index (χ3n) is 0. The second-order valence-electron chi connectivity index (χ2n) is 0.0833. The molecule has 0 fully saturated rings. The molecule has 4 heteroatoms. The molecule has 4 heavy (non-hydrogen) atoms. The average Bonchev–Trinajstić information content (AvgIpc) is 0.918. The Balaban J connectivity index is 0. The molecule has 0 aromatic heterocycles. The quantitative estimate of drug-likeness (QED) is 0.429. The SMILES string of the molecule is N.[O]=[Ti]=[O]. The van der Waals surface area contributed by atoms with Gasteiger partial charge in [-0.1, -0.05) is 0 Å². The van der Waals surface area contributed by atoms with Crippen molar-refractivity contribution >= 4 is 0 Å². The first kappa shape index (κ1) is 8.86. The van der Waals surface area contributed by atoms with E-state index < -0.39 is 19.1 Å². The molecule has 0 unspecified atom stereocenters. The third-order valence-corrected chi connectivity index (χ3v) is 0. The molecular formula is H3NO2Ti. The van der Waals surface area contributed by atoms with E-state index in [1.54, 1.807) is 0 Å². The van der Waals surface area contributed by atoms with Crippen LogP contribution in [0.5, 0.6) is 0 Å². The standard InChI is InChI=1S/H3N.2O.Ti/h1H3;;;. The molecule has 0 aromatic rings. The first-order valence-corrected chi connectivity index (χ1v) is 1.68. The summed E-state index contributed by atoms with van der Waals surface area (Å²) in [5, 5.41) is 0. The third kappa shape index (κ3) is 49.1. The van der Waals surface area contributed by atoms with Crippen LogP contribution in [0.4, 0.5) is 0 Å². The van der Waals surface area contributed by atoms with Crippen LogP contribution in [0.25, 0.3) is 0 Å². The molecule has 24 valence electrons. The Morgan fingerprint density at radius 3 is 1.25 bits per heavy atom. The maximum absolute atomic E-state index is 8.50. The van der Waals surface area contributed by atoms with Gasteiger partial charge in [0, 0.05) is 0 Å². The van der Waals surface area contributed by atoms with Crippen LogP contribution in [-0.4, -0.2) is 0 Å². The molecule has 0 amide bonds. The van der Waals surface area contributed by atoms with Gasteiger partial charge in [0.15, 0.2) is 0 Å². The summed E-state index contributed by atoms with van der Waals surface area (Å²) in [6, 6.07) is 0. The molecule has 0 heterocycles.